The molecule has 4 N–H and O–H groups in total. The molecule has 0 radical (unpaired) electrons. The summed E-state index contributed by atoms with van der Waals surface area (Å²) in [5.74, 6) is 0.181. The van der Waals surface area contributed by atoms with E-state index in [0.29, 0.717) is 22.6 Å². The van der Waals surface area contributed by atoms with E-state index in [4.69, 9.17) is 5.73 Å². The summed E-state index contributed by atoms with van der Waals surface area (Å²) in [7, 11) is 0. The predicted octanol–water partition coefficient (Wildman–Crippen LogP) is 0.728. The summed E-state index contributed by atoms with van der Waals surface area (Å²) in [5.41, 5.74) is 5.30. The minimum absolute atomic E-state index is 0.135. The Morgan fingerprint density at radius 2 is 2.32 bits per heavy atom. The number of thiophene rings is 1. The second kappa shape index (κ2) is 5.10. The van der Waals surface area contributed by atoms with Crippen molar-refractivity contribution in [1.82, 2.24) is 15.3 Å². The topological polar surface area (TPSA) is 101 Å². The van der Waals surface area contributed by atoms with Crippen LogP contribution in [0.1, 0.15) is 26.1 Å². The van der Waals surface area contributed by atoms with Crippen molar-refractivity contribution in [3.05, 3.63) is 27.6 Å². The van der Waals surface area contributed by atoms with E-state index in [-0.39, 0.29) is 17.9 Å². The average molecular weight is 280 g/mol. The zero-order valence-electron chi connectivity index (χ0n) is 10.8. The molecule has 0 saturated heterocycles. The molecule has 0 bridgehead atoms. The van der Waals surface area contributed by atoms with Gasteiger partial charge in [0.05, 0.1) is 12.1 Å². The Labute approximate surface area is 114 Å². The smallest absolute Gasteiger partial charge is 0.268 e. The third-order valence-corrected chi connectivity index (χ3v) is 3.62. The molecule has 19 heavy (non-hydrogen) atoms. The SMILES string of the molecule is CC(C)(CC(N)=O)NCc1nc2ccsc2c(=O)[nH]1. The largest absolute Gasteiger partial charge is 0.370 e. The summed E-state index contributed by atoms with van der Waals surface area (Å²) in [6.07, 6.45) is 0.220. The maximum Gasteiger partial charge on any atom is 0.268 e. The van der Waals surface area contributed by atoms with Gasteiger partial charge in [-0.1, -0.05) is 0 Å². The second-order valence-corrected chi connectivity index (χ2v) is 5.94. The van der Waals surface area contributed by atoms with Gasteiger partial charge in [0, 0.05) is 12.0 Å². The highest BCUT2D eigenvalue weighted by Crippen LogP contribution is 2.14. The van der Waals surface area contributed by atoms with Crippen molar-refractivity contribution in [2.75, 3.05) is 0 Å². The molecule has 2 aromatic rings. The van der Waals surface area contributed by atoms with Crippen molar-refractivity contribution in [1.29, 1.82) is 0 Å². The molecule has 0 aromatic carbocycles. The van der Waals surface area contributed by atoms with Crippen LogP contribution in [0.15, 0.2) is 16.2 Å². The van der Waals surface area contributed by atoms with Crippen LogP contribution in [0.4, 0.5) is 0 Å². The molecule has 6 nitrogen and oxygen atoms in total. The molecule has 2 aromatic heterocycles. The quantitative estimate of drug-likeness (QED) is 0.751. The maximum absolute atomic E-state index is 11.8. The molecule has 0 aliphatic heterocycles. The van der Waals surface area contributed by atoms with Gasteiger partial charge in [-0.05, 0) is 25.3 Å². The standard InChI is InChI=1S/C12H16N4O2S/c1-12(2,5-8(13)17)14-6-9-15-7-3-4-19-10(7)11(18)16-9/h3-4,14H,5-6H2,1-2H3,(H2,13,17)(H,15,16,18). The van der Waals surface area contributed by atoms with Crippen molar-refractivity contribution in [2.24, 2.45) is 5.73 Å². The monoisotopic (exact) mass is 280 g/mol. The Hall–Kier alpha value is -1.73. The Morgan fingerprint density at radius 1 is 1.58 bits per heavy atom. The van der Waals surface area contributed by atoms with E-state index in [1.165, 1.54) is 11.3 Å². The van der Waals surface area contributed by atoms with Gasteiger partial charge in [0.25, 0.3) is 5.56 Å². The molecule has 7 heteroatoms. The summed E-state index contributed by atoms with van der Waals surface area (Å²) in [6, 6.07) is 1.81. The zero-order valence-corrected chi connectivity index (χ0v) is 11.6. The van der Waals surface area contributed by atoms with Gasteiger partial charge in [-0.3, -0.25) is 9.59 Å². The highest BCUT2D eigenvalue weighted by molar-refractivity contribution is 7.17. The van der Waals surface area contributed by atoms with Gasteiger partial charge in [0.2, 0.25) is 5.91 Å². The zero-order chi connectivity index (χ0) is 14.0. The first-order valence-electron chi connectivity index (χ1n) is 5.87. The van der Waals surface area contributed by atoms with Crippen molar-refractivity contribution in [3.8, 4) is 0 Å². The van der Waals surface area contributed by atoms with Crippen LogP contribution in [0.5, 0.6) is 0 Å². The lowest BCUT2D eigenvalue weighted by Crippen LogP contribution is -2.42. The highest BCUT2D eigenvalue weighted by Gasteiger charge is 2.20. The van der Waals surface area contributed by atoms with Gasteiger partial charge in [-0.25, -0.2) is 4.98 Å². The van der Waals surface area contributed by atoms with Gasteiger partial charge < -0.3 is 16.0 Å². The van der Waals surface area contributed by atoms with Crippen LogP contribution >= 0.6 is 11.3 Å². The molecular formula is C12H16N4O2S. The van der Waals surface area contributed by atoms with Gasteiger partial charge in [0.15, 0.2) is 0 Å². The van der Waals surface area contributed by atoms with Crippen molar-refractivity contribution < 1.29 is 4.79 Å². The van der Waals surface area contributed by atoms with Gasteiger partial charge in [0.1, 0.15) is 10.5 Å². The summed E-state index contributed by atoms with van der Waals surface area (Å²) in [5, 5.41) is 5.00. The minimum Gasteiger partial charge on any atom is -0.370 e. The third-order valence-electron chi connectivity index (χ3n) is 2.71. The summed E-state index contributed by atoms with van der Waals surface area (Å²) < 4.78 is 0.625. The van der Waals surface area contributed by atoms with Crippen LogP contribution in [0.25, 0.3) is 10.2 Å². The normalized spacial score (nSPS) is 11.9. The number of rotatable bonds is 5. The number of aromatic nitrogens is 2. The number of primary amides is 1. The van der Waals surface area contributed by atoms with E-state index in [2.05, 4.69) is 15.3 Å². The van der Waals surface area contributed by atoms with E-state index in [0.717, 1.165) is 0 Å². The number of nitrogens with two attached hydrogens (primary N) is 1. The van der Waals surface area contributed by atoms with Crippen molar-refractivity contribution in [2.45, 2.75) is 32.4 Å². The number of fused-ring (bicyclic) bond motifs is 1. The number of nitrogens with zero attached hydrogens (tertiary/aromatic N) is 1. The first kappa shape index (κ1) is 13.7. The number of H-pyrrole nitrogens is 1. The molecule has 0 fully saturated rings. The molecule has 1 amide bonds. The van der Waals surface area contributed by atoms with E-state index in [1.54, 1.807) is 0 Å². The first-order valence-corrected chi connectivity index (χ1v) is 6.75. The number of amides is 1. The van der Waals surface area contributed by atoms with Crippen LogP contribution < -0.4 is 16.6 Å². The van der Waals surface area contributed by atoms with Crippen molar-refractivity contribution in [3.63, 3.8) is 0 Å². The van der Waals surface area contributed by atoms with E-state index in [9.17, 15) is 9.59 Å². The number of nitrogens with one attached hydrogen (secondary N) is 2. The lowest BCUT2D eigenvalue weighted by Gasteiger charge is -2.24. The summed E-state index contributed by atoms with van der Waals surface area (Å²) in [6.45, 7) is 4.12. The minimum atomic E-state index is -0.437. The number of hydrogen-bond acceptors (Lipinski definition) is 5. The van der Waals surface area contributed by atoms with Gasteiger partial charge in [-0.15, -0.1) is 11.3 Å². The highest BCUT2D eigenvalue weighted by atomic mass is 32.1. The predicted molar refractivity (Wildman–Crippen MR) is 75.0 cm³/mol. The summed E-state index contributed by atoms with van der Waals surface area (Å²) in [4.78, 5) is 29.8. The first-order chi connectivity index (χ1) is 8.87. The average Bonchev–Trinajstić information content (AvgIpc) is 2.73. The maximum atomic E-state index is 11.8. The lowest BCUT2D eigenvalue weighted by molar-refractivity contribution is -0.119. The molecule has 2 rings (SSSR count). The fourth-order valence-electron chi connectivity index (χ4n) is 1.83. The second-order valence-electron chi connectivity index (χ2n) is 5.03. The molecule has 0 saturated carbocycles. The van der Waals surface area contributed by atoms with E-state index >= 15 is 0 Å². The van der Waals surface area contributed by atoms with E-state index in [1.807, 2.05) is 25.3 Å². The van der Waals surface area contributed by atoms with E-state index < -0.39 is 5.54 Å². The molecule has 0 spiro atoms. The van der Waals surface area contributed by atoms with Crippen LogP contribution in [0, 0.1) is 0 Å². The molecule has 0 unspecified atom stereocenters. The number of aromatic amines is 1. The Balaban J connectivity index is 2.13. The number of carbonyl (C=O) groups excluding carboxylic acids is 1. The molecule has 2 heterocycles. The van der Waals surface area contributed by atoms with Crippen LogP contribution in [-0.2, 0) is 11.3 Å². The molecule has 0 aliphatic carbocycles. The molecule has 0 aliphatic rings. The fourth-order valence-corrected chi connectivity index (χ4v) is 2.55. The van der Waals surface area contributed by atoms with Gasteiger partial charge >= 0.3 is 0 Å². The Morgan fingerprint density at radius 3 is 3.00 bits per heavy atom. The van der Waals surface area contributed by atoms with Crippen LogP contribution in [-0.4, -0.2) is 21.4 Å². The number of hydrogen-bond donors (Lipinski definition) is 3. The van der Waals surface area contributed by atoms with Crippen LogP contribution in [0.2, 0.25) is 0 Å². The van der Waals surface area contributed by atoms with Crippen LogP contribution in [0.3, 0.4) is 0 Å². The Kier molecular flexibility index (Phi) is 3.68. The van der Waals surface area contributed by atoms with Crippen molar-refractivity contribution >= 4 is 27.5 Å². The fraction of sp³-hybridized carbons (Fsp3) is 0.417. The van der Waals surface area contributed by atoms with Gasteiger partial charge in [-0.2, -0.15) is 0 Å². The summed E-state index contributed by atoms with van der Waals surface area (Å²) >= 11 is 1.37. The molecular weight excluding hydrogens is 264 g/mol. The lowest BCUT2D eigenvalue weighted by atomic mass is 10.0. The number of carbonyl (C=O) groups is 1. The Bertz CT molecular complexity index is 659. The molecule has 0 atom stereocenters. The molecule has 102 valence electrons. The third kappa shape index (κ3) is 3.39.